The molecule has 0 fully saturated rings. The van der Waals surface area contributed by atoms with Crippen LogP contribution in [0.4, 0.5) is 0 Å². The molecule has 1 aliphatic heterocycles. The maximum absolute atomic E-state index is 11.4. The summed E-state index contributed by atoms with van der Waals surface area (Å²) in [4.78, 5) is 25.9. The van der Waals surface area contributed by atoms with Gasteiger partial charge in [-0.1, -0.05) is 0 Å². The number of fused-ring (bicyclic) bond motifs is 1. The highest BCUT2D eigenvalue weighted by molar-refractivity contribution is 6.46. The van der Waals surface area contributed by atoms with Crippen LogP contribution >= 0.6 is 0 Å². The van der Waals surface area contributed by atoms with Gasteiger partial charge in [-0.2, -0.15) is 0 Å². The first-order valence-electron chi connectivity index (χ1n) is 6.50. The normalized spacial score (nSPS) is 24.9. The average molecular weight is 267 g/mol. The second-order valence-corrected chi connectivity index (χ2v) is 5.12. The van der Waals surface area contributed by atoms with Gasteiger partial charge in [0.05, 0.1) is 0 Å². The third kappa shape index (κ3) is 2.09. The number of ketones is 2. The first-order valence-corrected chi connectivity index (χ1v) is 6.50. The highest BCUT2D eigenvalue weighted by Crippen LogP contribution is 2.19. The molecule has 0 aromatic heterocycles. The van der Waals surface area contributed by atoms with E-state index in [1.54, 1.807) is 6.08 Å². The fraction of sp³-hybridized carbons (Fsp3) is 0.188. The summed E-state index contributed by atoms with van der Waals surface area (Å²) < 4.78 is 0. The van der Waals surface area contributed by atoms with E-state index in [0.717, 1.165) is 17.0 Å². The van der Waals surface area contributed by atoms with E-state index in [9.17, 15) is 9.59 Å². The van der Waals surface area contributed by atoms with E-state index in [-0.39, 0.29) is 6.04 Å². The Morgan fingerprint density at radius 3 is 2.60 bits per heavy atom. The summed E-state index contributed by atoms with van der Waals surface area (Å²) in [7, 11) is 0. The number of carbonyl (C=O) groups is 2. The number of allylic oxidation sites excluding steroid dienone is 5. The number of nitrogens with one attached hydrogen (secondary N) is 2. The van der Waals surface area contributed by atoms with Gasteiger partial charge in [-0.3, -0.25) is 9.59 Å². The van der Waals surface area contributed by atoms with Crippen LogP contribution in [0.1, 0.15) is 13.8 Å². The van der Waals surface area contributed by atoms with Crippen molar-refractivity contribution in [3.63, 3.8) is 0 Å². The van der Waals surface area contributed by atoms with Crippen LogP contribution in [0.15, 0.2) is 59.0 Å². The van der Waals surface area contributed by atoms with Gasteiger partial charge in [0.1, 0.15) is 11.7 Å². The summed E-state index contributed by atoms with van der Waals surface area (Å²) in [6, 6.07) is 0.0701. The van der Waals surface area contributed by atoms with Crippen LogP contribution in [0, 0.1) is 0 Å². The maximum Gasteiger partial charge on any atom is 0.226 e. The molecule has 1 atom stereocenters. The molecule has 0 radical (unpaired) electrons. The van der Waals surface area contributed by atoms with Crippen LogP contribution in [0.3, 0.4) is 0 Å². The lowest BCUT2D eigenvalue weighted by Crippen LogP contribution is -2.73. The topological polar surface area (TPSA) is 60.1 Å². The van der Waals surface area contributed by atoms with Gasteiger partial charge in [0.2, 0.25) is 17.3 Å². The molecule has 0 saturated carbocycles. The lowest BCUT2D eigenvalue weighted by atomic mass is 9.93. The van der Waals surface area contributed by atoms with Gasteiger partial charge in [0, 0.05) is 11.6 Å². The number of hydrogen-bond donors (Lipinski definition) is 2. The molecule has 0 aromatic rings. The Hall–Kier alpha value is -2.49. The van der Waals surface area contributed by atoms with Crippen LogP contribution in [0.25, 0.3) is 0 Å². The van der Waals surface area contributed by atoms with Gasteiger partial charge in [0.25, 0.3) is 0 Å². The van der Waals surface area contributed by atoms with Crippen molar-refractivity contribution in [1.29, 1.82) is 0 Å². The maximum atomic E-state index is 11.4. The number of hydrogen-bond acceptors (Lipinski definition) is 3. The van der Waals surface area contributed by atoms with Gasteiger partial charge in [0.15, 0.2) is 6.20 Å². The zero-order valence-corrected chi connectivity index (χ0v) is 11.4. The Morgan fingerprint density at radius 1 is 1.05 bits per heavy atom. The molecule has 2 aliphatic carbocycles. The molecule has 3 rings (SSSR count). The quantitative estimate of drug-likeness (QED) is 0.513. The van der Waals surface area contributed by atoms with Gasteiger partial charge in [-0.05, 0) is 49.3 Å². The average Bonchev–Trinajstić information content (AvgIpc) is 2.43. The Labute approximate surface area is 117 Å². The van der Waals surface area contributed by atoms with E-state index in [1.807, 2.05) is 6.20 Å². The van der Waals surface area contributed by atoms with Crippen LogP contribution in [0.2, 0.25) is 0 Å². The van der Waals surface area contributed by atoms with Crippen LogP contribution in [-0.2, 0) is 9.59 Å². The van der Waals surface area contributed by atoms with Crippen molar-refractivity contribution in [3.8, 4) is 0 Å². The summed E-state index contributed by atoms with van der Waals surface area (Å²) in [5.41, 5.74) is 5.08. The first-order chi connectivity index (χ1) is 9.54. The van der Waals surface area contributed by atoms with Gasteiger partial charge in [-0.15, -0.1) is 0 Å². The predicted octanol–water partition coefficient (Wildman–Crippen LogP) is -0.138. The summed E-state index contributed by atoms with van der Waals surface area (Å²) in [5.74, 6) is -0.955. The highest BCUT2D eigenvalue weighted by Gasteiger charge is 2.27. The minimum Gasteiger partial charge on any atom is -0.364 e. The summed E-state index contributed by atoms with van der Waals surface area (Å²) >= 11 is 0. The summed E-state index contributed by atoms with van der Waals surface area (Å²) in [5, 5.41) is 3.37. The Bertz CT molecular complexity index is 700. The third-order valence-corrected chi connectivity index (χ3v) is 3.69. The van der Waals surface area contributed by atoms with Gasteiger partial charge in [-0.25, -0.2) is 4.99 Å². The molecule has 20 heavy (non-hydrogen) atoms. The zero-order valence-electron chi connectivity index (χ0n) is 11.4. The molecular weight excluding hydrogens is 252 g/mol. The minimum atomic E-state index is -0.480. The van der Waals surface area contributed by atoms with Crippen molar-refractivity contribution in [2.24, 2.45) is 0 Å². The fourth-order valence-corrected chi connectivity index (χ4v) is 2.37. The van der Waals surface area contributed by atoms with E-state index in [0.29, 0.717) is 0 Å². The zero-order chi connectivity index (χ0) is 14.3. The molecule has 4 heteroatoms. The van der Waals surface area contributed by atoms with E-state index in [2.05, 4.69) is 36.3 Å². The summed E-state index contributed by atoms with van der Waals surface area (Å²) in [6.45, 7) is 4.15. The molecule has 1 unspecified atom stereocenters. The third-order valence-electron chi connectivity index (χ3n) is 3.69. The van der Waals surface area contributed by atoms with Crippen molar-refractivity contribution in [1.82, 2.24) is 5.32 Å². The van der Waals surface area contributed by atoms with Crippen LogP contribution < -0.4 is 10.3 Å². The Morgan fingerprint density at radius 2 is 1.85 bits per heavy atom. The van der Waals surface area contributed by atoms with E-state index < -0.39 is 11.6 Å². The molecule has 1 heterocycles. The van der Waals surface area contributed by atoms with Crippen molar-refractivity contribution >= 4 is 17.3 Å². The highest BCUT2D eigenvalue weighted by atomic mass is 16.2. The SMILES string of the molecule is CC1=CC2=[NH+]C=C(C3=CC(=O)C(=O)C=C3)NC2C=C1C. The standard InChI is InChI=1S/C16H14N2O2/c1-9-5-12-13(6-10(9)2)18-14(8-17-12)11-3-4-15(19)16(20)7-11/h3-8,13,18H,1-2H3/p+1. The molecule has 2 N–H and O–H groups in total. The largest absolute Gasteiger partial charge is 0.364 e. The van der Waals surface area contributed by atoms with E-state index >= 15 is 0 Å². The van der Waals surface area contributed by atoms with Gasteiger partial charge >= 0.3 is 0 Å². The molecule has 0 bridgehead atoms. The molecule has 3 aliphatic rings. The monoisotopic (exact) mass is 267 g/mol. The molecule has 100 valence electrons. The summed E-state index contributed by atoms with van der Waals surface area (Å²) in [6.07, 6.45) is 10.4. The van der Waals surface area contributed by atoms with Crippen molar-refractivity contribution in [2.45, 2.75) is 19.9 Å². The predicted molar refractivity (Wildman–Crippen MR) is 75.7 cm³/mol. The molecule has 0 spiro atoms. The lowest BCUT2D eigenvalue weighted by molar-refractivity contribution is -0.377. The van der Waals surface area contributed by atoms with E-state index in [4.69, 9.17) is 0 Å². The van der Waals surface area contributed by atoms with Crippen molar-refractivity contribution in [3.05, 3.63) is 59.0 Å². The lowest BCUT2D eigenvalue weighted by Gasteiger charge is -2.23. The molecule has 4 nitrogen and oxygen atoms in total. The second kappa shape index (κ2) is 4.56. The number of rotatable bonds is 1. The van der Waals surface area contributed by atoms with Crippen LogP contribution in [0.5, 0.6) is 0 Å². The second-order valence-electron chi connectivity index (χ2n) is 5.12. The first kappa shape index (κ1) is 12.5. The van der Waals surface area contributed by atoms with Gasteiger partial charge < -0.3 is 5.32 Å². The number of carbonyl (C=O) groups excluding carboxylic acids is 2. The molecular formula is C16H15N2O2+. The minimum absolute atomic E-state index is 0.0701. The van der Waals surface area contributed by atoms with Crippen molar-refractivity contribution < 1.29 is 14.6 Å². The Balaban J connectivity index is 1.93. The molecule has 0 saturated heterocycles. The van der Waals surface area contributed by atoms with Crippen molar-refractivity contribution in [2.75, 3.05) is 0 Å². The molecule has 0 aromatic carbocycles. The fourth-order valence-electron chi connectivity index (χ4n) is 2.37. The van der Waals surface area contributed by atoms with Crippen LogP contribution in [-0.4, -0.2) is 23.3 Å². The molecule has 0 amide bonds. The smallest absolute Gasteiger partial charge is 0.226 e. The van der Waals surface area contributed by atoms with E-state index in [1.165, 1.54) is 23.3 Å². The Kier molecular flexibility index (Phi) is 2.86.